The van der Waals surface area contributed by atoms with Crippen molar-refractivity contribution in [2.45, 2.75) is 53.4 Å². The molecule has 1 aromatic rings. The normalized spacial score (nSPS) is 10.5. The first kappa shape index (κ1) is 15.2. The van der Waals surface area contributed by atoms with Crippen molar-refractivity contribution in [2.24, 2.45) is 0 Å². The maximum Gasteiger partial charge on any atom is 0.340 e. The summed E-state index contributed by atoms with van der Waals surface area (Å²) in [5, 5.41) is 0. The van der Waals surface area contributed by atoms with Crippen LogP contribution >= 0.6 is 9.47 Å². The maximum atomic E-state index is 11.9. The van der Waals surface area contributed by atoms with Crippen molar-refractivity contribution in [3.63, 3.8) is 0 Å². The van der Waals surface area contributed by atoms with E-state index in [1.807, 2.05) is 15.5 Å². The summed E-state index contributed by atoms with van der Waals surface area (Å²) in [4.78, 5) is 11.9. The summed E-state index contributed by atoms with van der Waals surface area (Å²) in [6.07, 6.45) is 3.82. The third-order valence-corrected chi connectivity index (χ3v) is 3.74. The summed E-state index contributed by atoms with van der Waals surface area (Å²) in [5.74, 6) is -0.246. The number of hydrogen-bond donors (Lipinski definition) is 0. The zero-order valence-corrected chi connectivity index (χ0v) is 13.0. The van der Waals surface area contributed by atoms with Gasteiger partial charge in [0.1, 0.15) is 0 Å². The highest BCUT2D eigenvalue weighted by atomic mass is 31.0. The van der Waals surface area contributed by atoms with Crippen molar-refractivity contribution in [1.29, 1.82) is 0 Å². The maximum absolute atomic E-state index is 11.9. The van der Waals surface area contributed by atoms with Crippen LogP contribution in [0.3, 0.4) is 0 Å². The van der Waals surface area contributed by atoms with Crippen molar-refractivity contribution >= 4 is 15.4 Å². The highest BCUT2D eigenvalue weighted by Gasteiger charge is 2.18. The number of carbonyl (C=O) groups is 1. The lowest BCUT2D eigenvalue weighted by atomic mass is 9.87. The van der Waals surface area contributed by atoms with Crippen LogP contribution in [0.15, 0.2) is 6.07 Å². The van der Waals surface area contributed by atoms with E-state index in [-0.39, 0.29) is 5.97 Å². The molecule has 0 spiro atoms. The van der Waals surface area contributed by atoms with Crippen molar-refractivity contribution in [3.8, 4) is 0 Å². The standard InChI is InChI=1S/C15H23O2P/c1-5-10-9-14(15(16)17-18)13(8-4)12(7-3)11(10)6-2/h9H,5-8,18H2,1-4H3. The molecular formula is C15H23O2P. The van der Waals surface area contributed by atoms with Crippen LogP contribution in [0.5, 0.6) is 0 Å². The Balaban J connectivity index is 3.58. The summed E-state index contributed by atoms with van der Waals surface area (Å²) < 4.78 is 4.83. The van der Waals surface area contributed by atoms with Gasteiger partial charge in [-0.05, 0) is 54.0 Å². The molecule has 1 rings (SSSR count). The molecule has 0 amide bonds. The summed E-state index contributed by atoms with van der Waals surface area (Å²) in [5.41, 5.74) is 5.91. The van der Waals surface area contributed by atoms with E-state index in [1.54, 1.807) is 0 Å². The van der Waals surface area contributed by atoms with E-state index in [0.717, 1.165) is 36.8 Å². The Labute approximate surface area is 112 Å². The molecular weight excluding hydrogens is 243 g/mol. The molecule has 1 atom stereocenters. The minimum Gasteiger partial charge on any atom is -0.448 e. The summed E-state index contributed by atoms with van der Waals surface area (Å²) in [6.45, 7) is 8.57. The molecule has 0 aliphatic rings. The first-order valence-corrected chi connectivity index (χ1v) is 7.19. The Bertz CT molecular complexity index is 439. The first-order chi connectivity index (χ1) is 8.64. The molecule has 0 saturated carbocycles. The third kappa shape index (κ3) is 2.75. The molecule has 0 bridgehead atoms. The van der Waals surface area contributed by atoms with Gasteiger partial charge in [0.15, 0.2) is 0 Å². The number of hydrogen-bond acceptors (Lipinski definition) is 2. The molecule has 100 valence electrons. The minimum absolute atomic E-state index is 0.246. The molecule has 3 heteroatoms. The van der Waals surface area contributed by atoms with Crippen LogP contribution in [-0.4, -0.2) is 5.97 Å². The summed E-state index contributed by atoms with van der Waals surface area (Å²) >= 11 is 0. The predicted octanol–water partition coefficient (Wildman–Crippen LogP) is 3.88. The molecule has 0 aliphatic carbocycles. The van der Waals surface area contributed by atoms with Gasteiger partial charge in [-0.25, -0.2) is 4.79 Å². The Morgan fingerprint density at radius 2 is 1.56 bits per heavy atom. The van der Waals surface area contributed by atoms with E-state index >= 15 is 0 Å². The van der Waals surface area contributed by atoms with Gasteiger partial charge in [-0.1, -0.05) is 27.7 Å². The SMILES string of the molecule is CCc1cc(C(=O)OP)c(CC)c(CC)c1CC. The fraction of sp³-hybridized carbons (Fsp3) is 0.533. The van der Waals surface area contributed by atoms with E-state index in [0.29, 0.717) is 0 Å². The fourth-order valence-corrected chi connectivity index (χ4v) is 2.85. The second kappa shape index (κ2) is 6.89. The van der Waals surface area contributed by atoms with Crippen molar-refractivity contribution in [2.75, 3.05) is 0 Å². The van der Waals surface area contributed by atoms with Crippen LogP contribution < -0.4 is 0 Å². The van der Waals surface area contributed by atoms with Gasteiger partial charge in [0.25, 0.3) is 0 Å². The van der Waals surface area contributed by atoms with Gasteiger partial charge in [-0.3, -0.25) is 0 Å². The molecule has 0 N–H and O–H groups in total. The molecule has 2 nitrogen and oxygen atoms in total. The van der Waals surface area contributed by atoms with Crippen LogP contribution in [0.4, 0.5) is 0 Å². The van der Waals surface area contributed by atoms with E-state index in [1.165, 1.54) is 16.7 Å². The fourth-order valence-electron chi connectivity index (χ4n) is 2.72. The molecule has 0 fully saturated rings. The molecule has 1 aromatic carbocycles. The molecule has 0 aliphatic heterocycles. The van der Waals surface area contributed by atoms with Crippen LogP contribution in [-0.2, 0) is 30.2 Å². The Morgan fingerprint density at radius 1 is 1.00 bits per heavy atom. The predicted molar refractivity (Wildman–Crippen MR) is 79.1 cm³/mol. The minimum atomic E-state index is -0.246. The van der Waals surface area contributed by atoms with Gasteiger partial charge in [0.05, 0.1) is 15.0 Å². The van der Waals surface area contributed by atoms with Crippen molar-refractivity contribution < 1.29 is 9.32 Å². The average molecular weight is 266 g/mol. The second-order valence-corrected chi connectivity index (χ2v) is 4.57. The topological polar surface area (TPSA) is 26.3 Å². The summed E-state index contributed by atoms with van der Waals surface area (Å²) in [7, 11) is 2.05. The molecule has 0 aromatic heterocycles. The zero-order chi connectivity index (χ0) is 13.7. The van der Waals surface area contributed by atoms with Crippen LogP contribution in [0.25, 0.3) is 0 Å². The lowest BCUT2D eigenvalue weighted by Crippen LogP contribution is -2.11. The molecule has 0 heterocycles. The molecule has 18 heavy (non-hydrogen) atoms. The van der Waals surface area contributed by atoms with Crippen molar-refractivity contribution in [1.82, 2.24) is 0 Å². The first-order valence-electron chi connectivity index (χ1n) is 6.71. The number of rotatable bonds is 5. The third-order valence-electron chi connectivity index (χ3n) is 3.53. The van der Waals surface area contributed by atoms with Gasteiger partial charge >= 0.3 is 5.97 Å². The van der Waals surface area contributed by atoms with E-state index < -0.39 is 0 Å². The van der Waals surface area contributed by atoms with Crippen LogP contribution in [0.1, 0.15) is 60.3 Å². The largest absolute Gasteiger partial charge is 0.448 e. The van der Waals surface area contributed by atoms with Gasteiger partial charge in [0, 0.05) is 0 Å². The monoisotopic (exact) mass is 266 g/mol. The lowest BCUT2D eigenvalue weighted by molar-refractivity contribution is 0.0764. The zero-order valence-electron chi connectivity index (χ0n) is 11.8. The Hall–Kier alpha value is -0.880. The Kier molecular flexibility index (Phi) is 5.81. The van der Waals surface area contributed by atoms with Crippen LogP contribution in [0.2, 0.25) is 0 Å². The van der Waals surface area contributed by atoms with Gasteiger partial charge in [-0.15, -0.1) is 0 Å². The Morgan fingerprint density at radius 3 is 1.94 bits per heavy atom. The summed E-state index contributed by atoms with van der Waals surface area (Å²) in [6, 6.07) is 2.02. The highest BCUT2D eigenvalue weighted by molar-refractivity contribution is 7.10. The smallest absolute Gasteiger partial charge is 0.340 e. The van der Waals surface area contributed by atoms with E-state index in [9.17, 15) is 4.79 Å². The molecule has 1 unspecified atom stereocenters. The number of carbonyl (C=O) groups excluding carboxylic acids is 1. The number of aryl methyl sites for hydroxylation is 1. The van der Waals surface area contributed by atoms with Gasteiger partial charge in [0.2, 0.25) is 0 Å². The van der Waals surface area contributed by atoms with E-state index in [4.69, 9.17) is 4.52 Å². The molecule has 0 radical (unpaired) electrons. The second-order valence-electron chi connectivity index (χ2n) is 4.34. The van der Waals surface area contributed by atoms with Gasteiger partial charge in [-0.2, -0.15) is 0 Å². The van der Waals surface area contributed by atoms with Gasteiger partial charge < -0.3 is 4.52 Å². The number of benzene rings is 1. The van der Waals surface area contributed by atoms with E-state index in [2.05, 4.69) is 27.7 Å². The lowest BCUT2D eigenvalue weighted by Gasteiger charge is -2.19. The van der Waals surface area contributed by atoms with Crippen LogP contribution in [0, 0.1) is 0 Å². The quantitative estimate of drug-likeness (QED) is 0.756. The van der Waals surface area contributed by atoms with Crippen molar-refractivity contribution in [3.05, 3.63) is 33.9 Å². The average Bonchev–Trinajstić information content (AvgIpc) is 2.43. The highest BCUT2D eigenvalue weighted by Crippen LogP contribution is 2.27. The molecule has 0 saturated heterocycles.